The number of pyridine rings is 1. The highest BCUT2D eigenvalue weighted by Gasteiger charge is 2.12. The van der Waals surface area contributed by atoms with Crippen LogP contribution in [0.1, 0.15) is 23.8 Å². The maximum absolute atomic E-state index is 12.8. The maximum Gasteiger partial charge on any atom is 0.331 e. The van der Waals surface area contributed by atoms with Crippen molar-refractivity contribution >= 4 is 23.6 Å². The van der Waals surface area contributed by atoms with E-state index >= 15 is 0 Å². The first-order chi connectivity index (χ1) is 12.0. The highest BCUT2D eigenvalue weighted by molar-refractivity contribution is 5.86. The van der Waals surface area contributed by atoms with Gasteiger partial charge in [-0.25, -0.2) is 9.78 Å². The van der Waals surface area contributed by atoms with Gasteiger partial charge in [-0.05, 0) is 30.7 Å². The molecule has 0 fully saturated rings. The molecule has 1 N–H and O–H groups in total. The minimum absolute atomic E-state index is 0.177. The fourth-order valence-corrected chi connectivity index (χ4v) is 2.25. The van der Waals surface area contributed by atoms with Crippen LogP contribution < -0.4 is 10.9 Å². The Bertz CT molecular complexity index is 990. The summed E-state index contributed by atoms with van der Waals surface area (Å²) in [6, 6.07) is 7.19. The van der Waals surface area contributed by atoms with Gasteiger partial charge in [0.1, 0.15) is 22.8 Å². The third-order valence-electron chi connectivity index (χ3n) is 3.38. The summed E-state index contributed by atoms with van der Waals surface area (Å²) in [5.74, 6) is 0.431. The fraction of sp³-hybridized carbons (Fsp3) is 0.176. The number of nitrogens with zero attached hydrogens (tertiary/aromatic N) is 3. The first-order valence-electron chi connectivity index (χ1n) is 7.55. The van der Waals surface area contributed by atoms with Crippen molar-refractivity contribution in [2.75, 3.05) is 5.32 Å². The van der Waals surface area contributed by atoms with Crippen LogP contribution in [0.5, 0.6) is 0 Å². The number of hydrogen-bond acceptors (Lipinski definition) is 7. The van der Waals surface area contributed by atoms with E-state index in [1.54, 1.807) is 30.7 Å². The Labute approximate surface area is 142 Å². The Morgan fingerprint density at radius 2 is 2.28 bits per heavy atom. The average Bonchev–Trinajstić information content (AvgIpc) is 3.09. The lowest BCUT2D eigenvalue weighted by Gasteiger charge is -2.10. The van der Waals surface area contributed by atoms with E-state index in [0.29, 0.717) is 23.8 Å². The summed E-state index contributed by atoms with van der Waals surface area (Å²) in [7, 11) is 0. The molecule has 25 heavy (non-hydrogen) atoms. The minimum Gasteiger partial charge on any atom is -0.467 e. The summed E-state index contributed by atoms with van der Waals surface area (Å²) in [6.45, 7) is 3.44. The van der Waals surface area contributed by atoms with Crippen LogP contribution >= 0.6 is 0 Å². The van der Waals surface area contributed by atoms with Crippen molar-refractivity contribution in [1.29, 1.82) is 0 Å². The predicted octanol–water partition coefficient (Wildman–Crippen LogP) is 2.11. The molecule has 0 amide bonds. The topological polar surface area (TPSA) is 98.2 Å². The Balaban J connectivity index is 2.04. The largest absolute Gasteiger partial charge is 0.467 e. The summed E-state index contributed by atoms with van der Waals surface area (Å²) in [5.41, 5.74) is 1.25. The standard InChI is InChI=1S/C17H16N4O4/c1-11-5-6-15-20-16(18-8-13-4-3-7-24-13)14(9-19-25-12(2)22)17(23)21(15)10-11/h3-7,9-10,18H,8H2,1-2H3/b19-9+. The van der Waals surface area contributed by atoms with E-state index in [2.05, 4.69) is 20.3 Å². The van der Waals surface area contributed by atoms with Crippen LogP contribution in [0.3, 0.4) is 0 Å². The van der Waals surface area contributed by atoms with Crippen LogP contribution in [0.2, 0.25) is 0 Å². The van der Waals surface area contributed by atoms with Gasteiger partial charge >= 0.3 is 5.97 Å². The summed E-state index contributed by atoms with van der Waals surface area (Å²) >= 11 is 0. The number of oxime groups is 1. The molecular formula is C17H16N4O4. The van der Waals surface area contributed by atoms with Crippen LogP contribution in [-0.2, 0) is 16.2 Å². The lowest BCUT2D eigenvalue weighted by molar-refractivity contribution is -0.140. The number of fused-ring (bicyclic) bond motifs is 1. The summed E-state index contributed by atoms with van der Waals surface area (Å²) in [6.07, 6.45) is 4.42. The molecule has 0 aromatic carbocycles. The third-order valence-corrected chi connectivity index (χ3v) is 3.38. The van der Waals surface area contributed by atoms with Crippen LogP contribution in [0, 0.1) is 6.92 Å². The number of furan rings is 1. The maximum atomic E-state index is 12.8. The second-order valence-electron chi connectivity index (χ2n) is 5.36. The zero-order chi connectivity index (χ0) is 17.8. The van der Waals surface area contributed by atoms with Crippen LogP contribution in [-0.4, -0.2) is 21.6 Å². The van der Waals surface area contributed by atoms with Crippen molar-refractivity contribution in [2.24, 2.45) is 5.16 Å². The van der Waals surface area contributed by atoms with E-state index in [1.165, 1.54) is 17.5 Å². The molecule has 0 spiro atoms. The normalized spacial score (nSPS) is 11.1. The van der Waals surface area contributed by atoms with Gasteiger partial charge in [0.05, 0.1) is 19.0 Å². The molecule has 8 heteroatoms. The van der Waals surface area contributed by atoms with Crippen molar-refractivity contribution in [1.82, 2.24) is 9.38 Å². The molecule has 0 bridgehead atoms. The monoisotopic (exact) mass is 340 g/mol. The number of rotatable bonds is 5. The number of hydrogen-bond donors (Lipinski definition) is 1. The van der Waals surface area contributed by atoms with Gasteiger partial charge < -0.3 is 14.6 Å². The molecule has 0 saturated heterocycles. The Morgan fingerprint density at radius 3 is 3.00 bits per heavy atom. The van der Waals surface area contributed by atoms with Gasteiger partial charge in [-0.1, -0.05) is 11.2 Å². The van der Waals surface area contributed by atoms with E-state index in [1.807, 2.05) is 13.0 Å². The van der Waals surface area contributed by atoms with Crippen LogP contribution in [0.15, 0.2) is 51.1 Å². The lowest BCUT2D eigenvalue weighted by Crippen LogP contribution is -2.22. The van der Waals surface area contributed by atoms with Crippen molar-refractivity contribution < 1.29 is 14.0 Å². The number of aryl methyl sites for hydroxylation is 1. The first-order valence-corrected chi connectivity index (χ1v) is 7.55. The fourth-order valence-electron chi connectivity index (χ4n) is 2.25. The average molecular weight is 340 g/mol. The Morgan fingerprint density at radius 1 is 1.44 bits per heavy atom. The highest BCUT2D eigenvalue weighted by Crippen LogP contribution is 2.12. The molecule has 0 aliphatic rings. The molecule has 3 rings (SSSR count). The molecule has 0 atom stereocenters. The summed E-state index contributed by atoms with van der Waals surface area (Å²) < 4.78 is 6.68. The van der Waals surface area contributed by atoms with Crippen molar-refractivity contribution in [3.8, 4) is 0 Å². The molecule has 3 heterocycles. The molecule has 128 valence electrons. The number of anilines is 1. The van der Waals surface area contributed by atoms with Gasteiger partial charge in [0, 0.05) is 13.1 Å². The first kappa shape index (κ1) is 16.4. The molecule has 0 saturated carbocycles. The van der Waals surface area contributed by atoms with Crippen molar-refractivity contribution in [2.45, 2.75) is 20.4 Å². The van der Waals surface area contributed by atoms with E-state index in [0.717, 1.165) is 5.56 Å². The second-order valence-corrected chi connectivity index (χ2v) is 5.36. The molecule has 0 unspecified atom stereocenters. The van der Waals surface area contributed by atoms with E-state index in [4.69, 9.17) is 4.42 Å². The molecule has 0 radical (unpaired) electrons. The van der Waals surface area contributed by atoms with Gasteiger partial charge in [0.25, 0.3) is 5.56 Å². The van der Waals surface area contributed by atoms with Gasteiger partial charge in [-0.2, -0.15) is 0 Å². The third kappa shape index (κ3) is 3.74. The smallest absolute Gasteiger partial charge is 0.331 e. The van der Waals surface area contributed by atoms with Gasteiger partial charge in [0.15, 0.2) is 0 Å². The number of aromatic nitrogens is 2. The van der Waals surface area contributed by atoms with Crippen molar-refractivity contribution in [3.63, 3.8) is 0 Å². The van der Waals surface area contributed by atoms with E-state index in [-0.39, 0.29) is 11.1 Å². The molecule has 3 aromatic heterocycles. The molecule has 0 aliphatic carbocycles. The highest BCUT2D eigenvalue weighted by atomic mass is 16.7. The molecule has 8 nitrogen and oxygen atoms in total. The van der Waals surface area contributed by atoms with Gasteiger partial charge in [0.2, 0.25) is 0 Å². The number of nitrogens with one attached hydrogen (secondary N) is 1. The van der Waals surface area contributed by atoms with E-state index in [9.17, 15) is 9.59 Å². The number of carbonyl (C=O) groups excluding carboxylic acids is 1. The summed E-state index contributed by atoms with van der Waals surface area (Å²) in [4.78, 5) is 32.6. The van der Waals surface area contributed by atoms with Gasteiger partial charge in [-0.3, -0.25) is 9.20 Å². The Hall–Kier alpha value is -3.42. The predicted molar refractivity (Wildman–Crippen MR) is 91.6 cm³/mol. The Kier molecular flexibility index (Phi) is 4.60. The summed E-state index contributed by atoms with van der Waals surface area (Å²) in [5, 5.41) is 6.60. The molecular weight excluding hydrogens is 324 g/mol. The lowest BCUT2D eigenvalue weighted by atomic mass is 10.2. The molecule has 0 aliphatic heterocycles. The minimum atomic E-state index is -0.578. The van der Waals surface area contributed by atoms with E-state index < -0.39 is 5.97 Å². The van der Waals surface area contributed by atoms with Crippen LogP contribution in [0.4, 0.5) is 5.82 Å². The van der Waals surface area contributed by atoms with Gasteiger partial charge in [-0.15, -0.1) is 0 Å². The van der Waals surface area contributed by atoms with Crippen LogP contribution in [0.25, 0.3) is 5.65 Å². The zero-order valence-electron chi connectivity index (χ0n) is 13.7. The number of carbonyl (C=O) groups is 1. The van der Waals surface area contributed by atoms with Crippen molar-refractivity contribution in [3.05, 3.63) is 64.0 Å². The SMILES string of the molecule is CC(=O)O/N=C/c1c(NCc2ccco2)nc2ccc(C)cn2c1=O. The molecule has 3 aromatic rings. The quantitative estimate of drug-likeness (QED) is 0.434. The second kappa shape index (κ2) is 7.00. The zero-order valence-corrected chi connectivity index (χ0v) is 13.7.